The van der Waals surface area contributed by atoms with Gasteiger partial charge in [-0.3, -0.25) is 4.79 Å². The molecule has 0 aliphatic carbocycles. The average molecular weight is 259 g/mol. The maximum atomic E-state index is 12.2. The second-order valence-electron chi connectivity index (χ2n) is 5.19. The topological polar surface area (TPSA) is 40.5 Å². The smallest absolute Gasteiger partial charge is 0.233 e. The van der Waals surface area contributed by atoms with Crippen LogP contribution in [0.15, 0.2) is 0 Å². The summed E-state index contributed by atoms with van der Waals surface area (Å²) in [5, 5.41) is 9.52. The molecule has 1 rings (SSSR count). The van der Waals surface area contributed by atoms with Gasteiger partial charge in [-0.05, 0) is 40.0 Å². The fraction of sp³-hybridized carbons (Fsp3) is 0.923. The third-order valence-corrected chi connectivity index (χ3v) is 4.96. The normalized spacial score (nSPS) is 28.9. The molecule has 4 unspecified atom stereocenters. The van der Waals surface area contributed by atoms with Crippen molar-refractivity contribution < 1.29 is 9.90 Å². The van der Waals surface area contributed by atoms with Crippen LogP contribution in [0.5, 0.6) is 0 Å². The summed E-state index contributed by atoms with van der Waals surface area (Å²) in [4.78, 5) is 14.2. The summed E-state index contributed by atoms with van der Waals surface area (Å²) in [6, 6.07) is 0.738. The van der Waals surface area contributed by atoms with Gasteiger partial charge in [0.2, 0.25) is 5.91 Å². The van der Waals surface area contributed by atoms with Gasteiger partial charge in [0.25, 0.3) is 0 Å². The lowest BCUT2D eigenvalue weighted by Crippen LogP contribution is -2.48. The van der Waals surface area contributed by atoms with Crippen LogP contribution in [-0.4, -0.2) is 45.1 Å². The molecule has 1 aliphatic heterocycles. The van der Waals surface area contributed by atoms with E-state index < -0.39 is 0 Å². The first-order valence-corrected chi connectivity index (χ1v) is 7.59. The molecule has 1 aliphatic rings. The molecule has 1 N–H and O–H groups in total. The maximum Gasteiger partial charge on any atom is 0.233 e. The van der Waals surface area contributed by atoms with E-state index >= 15 is 0 Å². The van der Waals surface area contributed by atoms with Crippen molar-refractivity contribution in [2.24, 2.45) is 0 Å². The van der Waals surface area contributed by atoms with E-state index in [-0.39, 0.29) is 17.3 Å². The second kappa shape index (κ2) is 6.64. The van der Waals surface area contributed by atoms with E-state index in [4.69, 9.17) is 0 Å². The van der Waals surface area contributed by atoms with Crippen LogP contribution in [0.25, 0.3) is 0 Å². The number of thioether (sulfide) groups is 1. The lowest BCUT2D eigenvalue weighted by molar-refractivity contribution is -0.134. The number of aliphatic hydroxyl groups excluding tert-OH is 1. The first-order valence-electron chi connectivity index (χ1n) is 6.54. The van der Waals surface area contributed by atoms with Crippen LogP contribution >= 0.6 is 11.8 Å². The highest BCUT2D eigenvalue weighted by Gasteiger charge is 2.28. The summed E-state index contributed by atoms with van der Waals surface area (Å²) in [5.41, 5.74) is 0. The van der Waals surface area contributed by atoms with E-state index in [1.165, 1.54) is 6.42 Å². The number of piperidine rings is 1. The van der Waals surface area contributed by atoms with Crippen molar-refractivity contribution in [2.45, 2.75) is 70.4 Å². The number of nitrogens with zero attached hydrogens (tertiary/aromatic N) is 1. The SMILES string of the molecule is CC(O)C(C)SCC(=O)N1C(C)CCCC1C. The van der Waals surface area contributed by atoms with E-state index in [0.717, 1.165) is 12.8 Å². The summed E-state index contributed by atoms with van der Waals surface area (Å²) in [7, 11) is 0. The predicted octanol–water partition coefficient (Wildman–Crippen LogP) is 2.28. The van der Waals surface area contributed by atoms with Crippen molar-refractivity contribution in [1.29, 1.82) is 0 Å². The number of likely N-dealkylation sites (tertiary alicyclic amines) is 1. The number of hydrogen-bond acceptors (Lipinski definition) is 3. The largest absolute Gasteiger partial charge is 0.392 e. The van der Waals surface area contributed by atoms with E-state index in [0.29, 0.717) is 17.8 Å². The second-order valence-corrected chi connectivity index (χ2v) is 6.55. The number of carbonyl (C=O) groups is 1. The van der Waals surface area contributed by atoms with Crippen LogP contribution in [-0.2, 0) is 4.79 Å². The predicted molar refractivity (Wildman–Crippen MR) is 73.2 cm³/mol. The van der Waals surface area contributed by atoms with Crippen molar-refractivity contribution in [3.8, 4) is 0 Å². The highest BCUT2D eigenvalue weighted by Crippen LogP contribution is 2.24. The molecule has 0 aromatic carbocycles. The fourth-order valence-corrected chi connectivity index (χ4v) is 3.16. The van der Waals surface area contributed by atoms with Crippen molar-refractivity contribution in [3.05, 3.63) is 0 Å². The van der Waals surface area contributed by atoms with Gasteiger partial charge in [0.15, 0.2) is 0 Å². The fourth-order valence-electron chi connectivity index (χ4n) is 2.33. The molecule has 1 saturated heterocycles. The lowest BCUT2D eigenvalue weighted by atomic mass is 9.98. The van der Waals surface area contributed by atoms with Gasteiger partial charge in [-0.1, -0.05) is 6.92 Å². The standard InChI is InChI=1S/C13H25NO2S/c1-9-6-5-7-10(2)14(9)13(16)8-17-12(4)11(3)15/h9-12,15H,5-8H2,1-4H3. The maximum absolute atomic E-state index is 12.2. The Hall–Kier alpha value is -0.220. The van der Waals surface area contributed by atoms with Crippen LogP contribution < -0.4 is 0 Å². The van der Waals surface area contributed by atoms with Gasteiger partial charge in [-0.15, -0.1) is 11.8 Å². The highest BCUT2D eigenvalue weighted by molar-refractivity contribution is 8.00. The summed E-state index contributed by atoms with van der Waals surface area (Å²) in [5.74, 6) is 0.711. The van der Waals surface area contributed by atoms with Crippen LogP contribution in [0.4, 0.5) is 0 Å². The Morgan fingerprint density at radius 1 is 1.35 bits per heavy atom. The molecule has 1 amide bonds. The van der Waals surface area contributed by atoms with Crippen molar-refractivity contribution >= 4 is 17.7 Å². The molecule has 4 atom stereocenters. The lowest BCUT2D eigenvalue weighted by Gasteiger charge is -2.39. The number of hydrogen-bond donors (Lipinski definition) is 1. The van der Waals surface area contributed by atoms with E-state index in [1.807, 2.05) is 11.8 Å². The molecule has 0 spiro atoms. The summed E-state index contributed by atoms with van der Waals surface area (Å²) in [6.07, 6.45) is 3.10. The van der Waals surface area contributed by atoms with Gasteiger partial charge in [0.1, 0.15) is 0 Å². The Balaban J connectivity index is 2.45. The molecule has 1 fully saturated rings. The molecule has 4 heteroatoms. The molecule has 0 saturated carbocycles. The summed E-state index contributed by atoms with van der Waals surface area (Å²) in [6.45, 7) is 8.01. The summed E-state index contributed by atoms with van der Waals surface area (Å²) >= 11 is 1.55. The number of aliphatic hydroxyl groups is 1. The molecule has 3 nitrogen and oxygen atoms in total. The molecule has 0 bridgehead atoms. The molecular formula is C13H25NO2S. The first kappa shape index (κ1) is 14.8. The Morgan fingerprint density at radius 3 is 2.35 bits per heavy atom. The van der Waals surface area contributed by atoms with Gasteiger partial charge in [-0.25, -0.2) is 0 Å². The quantitative estimate of drug-likeness (QED) is 0.842. The number of amides is 1. The molecule has 0 radical (unpaired) electrons. The van der Waals surface area contributed by atoms with Gasteiger partial charge in [0.05, 0.1) is 11.9 Å². The average Bonchev–Trinajstić information content (AvgIpc) is 2.25. The van der Waals surface area contributed by atoms with E-state index in [2.05, 4.69) is 13.8 Å². The van der Waals surface area contributed by atoms with Crippen LogP contribution in [0, 0.1) is 0 Å². The molecular weight excluding hydrogens is 234 g/mol. The molecule has 1 heterocycles. The van der Waals surface area contributed by atoms with E-state index in [9.17, 15) is 9.90 Å². The van der Waals surface area contributed by atoms with Crippen molar-refractivity contribution in [1.82, 2.24) is 4.90 Å². The summed E-state index contributed by atoms with van der Waals surface area (Å²) < 4.78 is 0. The molecule has 17 heavy (non-hydrogen) atoms. The van der Waals surface area contributed by atoms with Crippen molar-refractivity contribution in [3.63, 3.8) is 0 Å². The Bertz CT molecular complexity index is 248. The molecule has 100 valence electrons. The Kier molecular flexibility index (Phi) is 5.80. The van der Waals surface area contributed by atoms with Gasteiger partial charge < -0.3 is 10.0 Å². The van der Waals surface area contributed by atoms with Gasteiger partial charge in [0, 0.05) is 17.3 Å². The van der Waals surface area contributed by atoms with Crippen LogP contribution in [0.2, 0.25) is 0 Å². The number of rotatable bonds is 4. The highest BCUT2D eigenvalue weighted by atomic mass is 32.2. The zero-order valence-corrected chi connectivity index (χ0v) is 12.2. The minimum atomic E-state index is -0.357. The Morgan fingerprint density at radius 2 is 1.88 bits per heavy atom. The van der Waals surface area contributed by atoms with Crippen molar-refractivity contribution in [2.75, 3.05) is 5.75 Å². The van der Waals surface area contributed by atoms with Crippen LogP contribution in [0.3, 0.4) is 0 Å². The van der Waals surface area contributed by atoms with Gasteiger partial charge in [-0.2, -0.15) is 0 Å². The minimum Gasteiger partial charge on any atom is -0.392 e. The minimum absolute atomic E-state index is 0.120. The van der Waals surface area contributed by atoms with Crippen LogP contribution in [0.1, 0.15) is 47.0 Å². The van der Waals surface area contributed by atoms with E-state index in [1.54, 1.807) is 18.7 Å². The Labute approximate surface area is 109 Å². The third kappa shape index (κ3) is 4.18. The monoisotopic (exact) mass is 259 g/mol. The zero-order chi connectivity index (χ0) is 13.0. The first-order chi connectivity index (χ1) is 7.93. The molecule has 0 aromatic rings. The zero-order valence-electron chi connectivity index (χ0n) is 11.3. The number of carbonyl (C=O) groups excluding carboxylic acids is 1. The van der Waals surface area contributed by atoms with Gasteiger partial charge >= 0.3 is 0 Å². The molecule has 0 aromatic heterocycles. The third-order valence-electron chi connectivity index (χ3n) is 3.63.